The Morgan fingerprint density at radius 2 is 1.55 bits per heavy atom. The molecule has 6 rings (SSSR count). The molecule has 0 bridgehead atoms. The van der Waals surface area contributed by atoms with Gasteiger partial charge in [-0.15, -0.1) is 0 Å². The van der Waals surface area contributed by atoms with Crippen molar-refractivity contribution in [2.75, 3.05) is 13.2 Å². The molecular weight excluding hydrogens is 552 g/mol. The van der Waals surface area contributed by atoms with Crippen molar-refractivity contribution in [1.29, 1.82) is 0 Å². The molecule has 5 aliphatic carbocycles. The zero-order valence-corrected chi connectivity index (χ0v) is 29.2. The highest BCUT2D eigenvalue weighted by Crippen LogP contribution is 2.77. The van der Waals surface area contributed by atoms with Crippen LogP contribution in [0.5, 0.6) is 0 Å². The van der Waals surface area contributed by atoms with E-state index in [1.54, 1.807) is 6.92 Å². The van der Waals surface area contributed by atoms with Gasteiger partial charge >= 0.3 is 11.9 Å². The average molecular weight is 613 g/mol. The molecular formula is C38H60O6. The molecule has 248 valence electrons. The van der Waals surface area contributed by atoms with Gasteiger partial charge in [0.1, 0.15) is 6.10 Å². The van der Waals surface area contributed by atoms with Gasteiger partial charge in [-0.3, -0.25) is 4.79 Å². The summed E-state index contributed by atoms with van der Waals surface area (Å²) in [7, 11) is 0. The number of hydrogen-bond donors (Lipinski definition) is 0. The number of esters is 2. The molecule has 5 saturated carbocycles. The molecule has 6 nitrogen and oxygen atoms in total. The Balaban J connectivity index is 1.27. The van der Waals surface area contributed by atoms with Crippen LogP contribution in [0.1, 0.15) is 127 Å². The number of carbonyl (C=O) groups excluding carboxylic acids is 2. The van der Waals surface area contributed by atoms with Gasteiger partial charge in [0.15, 0.2) is 11.9 Å². The molecule has 0 N–H and O–H groups in total. The van der Waals surface area contributed by atoms with Crippen LogP contribution in [0, 0.1) is 56.7 Å². The van der Waals surface area contributed by atoms with E-state index in [2.05, 4.69) is 48.1 Å². The van der Waals surface area contributed by atoms with Gasteiger partial charge in [-0.05, 0) is 131 Å². The lowest BCUT2D eigenvalue weighted by molar-refractivity contribution is -0.252. The molecule has 0 amide bonds. The zero-order valence-electron chi connectivity index (χ0n) is 29.2. The third kappa shape index (κ3) is 4.68. The molecule has 0 radical (unpaired) electrons. The van der Waals surface area contributed by atoms with E-state index in [-0.39, 0.29) is 51.7 Å². The SMILES string of the molecule is C=C(C)[C@@H]1CC[C@]2(COC(=O)[C@H]3COC(C)(C)O3)CC[C@]3(C)[C@H](CC[C@@H]4[C@@]5(C)CC[C@H](OC(C)=O)C(C)(C)[C@@H]5CC[C@]43C)[C@@H]12. The van der Waals surface area contributed by atoms with Crippen molar-refractivity contribution in [3.05, 3.63) is 12.2 Å². The molecule has 11 atom stereocenters. The lowest BCUT2D eigenvalue weighted by atomic mass is 9.32. The van der Waals surface area contributed by atoms with Gasteiger partial charge in [0.05, 0.1) is 13.2 Å². The monoisotopic (exact) mass is 612 g/mol. The minimum Gasteiger partial charge on any atom is -0.463 e. The number of hydrogen-bond acceptors (Lipinski definition) is 6. The highest BCUT2D eigenvalue weighted by molar-refractivity contribution is 5.75. The van der Waals surface area contributed by atoms with Gasteiger partial charge in [0.2, 0.25) is 0 Å². The van der Waals surface area contributed by atoms with Crippen molar-refractivity contribution in [1.82, 2.24) is 0 Å². The molecule has 0 aromatic carbocycles. The summed E-state index contributed by atoms with van der Waals surface area (Å²) in [5, 5.41) is 0. The molecule has 6 aliphatic rings. The van der Waals surface area contributed by atoms with Crippen molar-refractivity contribution < 1.29 is 28.5 Å². The van der Waals surface area contributed by atoms with Gasteiger partial charge in [-0.25, -0.2) is 4.79 Å². The van der Waals surface area contributed by atoms with E-state index >= 15 is 0 Å². The van der Waals surface area contributed by atoms with Crippen molar-refractivity contribution >= 4 is 11.9 Å². The van der Waals surface area contributed by atoms with Crippen LogP contribution in [0.2, 0.25) is 0 Å². The minimum atomic E-state index is -0.742. The van der Waals surface area contributed by atoms with Crippen molar-refractivity contribution in [3.63, 3.8) is 0 Å². The van der Waals surface area contributed by atoms with Crippen LogP contribution in [-0.4, -0.2) is 43.1 Å². The summed E-state index contributed by atoms with van der Waals surface area (Å²) in [4.78, 5) is 25.2. The smallest absolute Gasteiger partial charge is 0.337 e. The Labute approximate surface area is 266 Å². The van der Waals surface area contributed by atoms with Gasteiger partial charge < -0.3 is 18.9 Å². The van der Waals surface area contributed by atoms with E-state index in [0.29, 0.717) is 36.2 Å². The summed E-state index contributed by atoms with van der Waals surface area (Å²) in [5.74, 6) is 1.61. The fraction of sp³-hybridized carbons (Fsp3) is 0.895. The lowest BCUT2D eigenvalue weighted by Crippen LogP contribution is -2.67. The van der Waals surface area contributed by atoms with Crippen LogP contribution in [0.25, 0.3) is 0 Å². The Bertz CT molecular complexity index is 1190. The van der Waals surface area contributed by atoms with Crippen LogP contribution in [0.4, 0.5) is 0 Å². The van der Waals surface area contributed by atoms with Gasteiger partial charge in [0.25, 0.3) is 0 Å². The second-order valence-corrected chi connectivity index (χ2v) is 17.9. The third-order valence-electron chi connectivity index (χ3n) is 15.3. The zero-order chi connectivity index (χ0) is 32.1. The number of rotatable bonds is 5. The first-order valence-electron chi connectivity index (χ1n) is 17.7. The van der Waals surface area contributed by atoms with Crippen LogP contribution in [0.15, 0.2) is 12.2 Å². The number of allylic oxidation sites excluding steroid dienone is 1. The second-order valence-electron chi connectivity index (χ2n) is 17.9. The molecule has 0 aromatic heterocycles. The van der Waals surface area contributed by atoms with Gasteiger partial charge in [0, 0.05) is 17.8 Å². The topological polar surface area (TPSA) is 71.1 Å². The third-order valence-corrected chi connectivity index (χ3v) is 15.3. The van der Waals surface area contributed by atoms with Crippen LogP contribution >= 0.6 is 0 Å². The van der Waals surface area contributed by atoms with Crippen LogP contribution < -0.4 is 0 Å². The number of carbonyl (C=O) groups is 2. The molecule has 1 aliphatic heterocycles. The Kier molecular flexibility index (Phi) is 7.81. The fourth-order valence-electron chi connectivity index (χ4n) is 13.0. The molecule has 0 aromatic rings. The molecule has 0 unspecified atom stereocenters. The molecule has 6 fully saturated rings. The van der Waals surface area contributed by atoms with Gasteiger partial charge in [-0.1, -0.05) is 46.8 Å². The fourth-order valence-corrected chi connectivity index (χ4v) is 13.0. The Hall–Kier alpha value is -1.40. The standard InChI is InChI=1S/C38H60O6/c1-23(2)25-13-18-38(22-41-32(40)27-21-42-34(6,7)44-27)20-19-36(9)26(31(25)38)11-12-29-35(8)16-15-30(43-24(3)39)33(4,5)28(35)14-17-37(29,36)10/h25-31H,1,11-22H2,2-10H3/t25-,26+,27+,28-,29+,30-,31+,35-,36+,37+,38+/m0/s1. The lowest BCUT2D eigenvalue weighted by Gasteiger charge is -2.73. The normalized spacial score (nSPS) is 48.7. The first-order valence-corrected chi connectivity index (χ1v) is 17.7. The molecule has 1 heterocycles. The molecule has 0 spiro atoms. The number of fused-ring (bicyclic) bond motifs is 7. The van der Waals surface area contributed by atoms with Crippen molar-refractivity contribution in [2.45, 2.75) is 145 Å². The largest absolute Gasteiger partial charge is 0.463 e. The van der Waals surface area contributed by atoms with E-state index in [0.717, 1.165) is 32.1 Å². The predicted octanol–water partition coefficient (Wildman–Crippen LogP) is 8.27. The average Bonchev–Trinajstić information content (AvgIpc) is 3.50. The first-order chi connectivity index (χ1) is 20.4. The van der Waals surface area contributed by atoms with Crippen LogP contribution in [0.3, 0.4) is 0 Å². The van der Waals surface area contributed by atoms with E-state index in [4.69, 9.17) is 18.9 Å². The summed E-state index contributed by atoms with van der Waals surface area (Å²) in [5.41, 5.74) is 2.00. The van der Waals surface area contributed by atoms with E-state index in [1.807, 2.05) is 13.8 Å². The Morgan fingerprint density at radius 3 is 2.18 bits per heavy atom. The maximum Gasteiger partial charge on any atom is 0.337 e. The van der Waals surface area contributed by atoms with Gasteiger partial charge in [-0.2, -0.15) is 0 Å². The van der Waals surface area contributed by atoms with E-state index in [1.165, 1.54) is 37.7 Å². The van der Waals surface area contributed by atoms with Crippen molar-refractivity contribution in [3.8, 4) is 0 Å². The number of ether oxygens (including phenoxy) is 4. The maximum atomic E-state index is 13.2. The quantitative estimate of drug-likeness (QED) is 0.230. The minimum absolute atomic E-state index is 0.00676. The van der Waals surface area contributed by atoms with Crippen LogP contribution in [-0.2, 0) is 28.5 Å². The van der Waals surface area contributed by atoms with Crippen molar-refractivity contribution in [2.24, 2.45) is 56.7 Å². The summed E-state index contributed by atoms with van der Waals surface area (Å²) < 4.78 is 23.6. The predicted molar refractivity (Wildman–Crippen MR) is 170 cm³/mol. The van der Waals surface area contributed by atoms with E-state index in [9.17, 15) is 9.59 Å². The molecule has 6 heteroatoms. The first kappa shape index (κ1) is 32.5. The summed E-state index contributed by atoms with van der Waals surface area (Å²) in [6.07, 6.45) is 11.0. The highest BCUT2D eigenvalue weighted by atomic mass is 16.8. The maximum absolute atomic E-state index is 13.2. The Morgan fingerprint density at radius 1 is 0.818 bits per heavy atom. The summed E-state index contributed by atoms with van der Waals surface area (Å²) in [6, 6.07) is 0. The molecule has 1 saturated heterocycles. The second kappa shape index (κ2) is 10.6. The summed E-state index contributed by atoms with van der Waals surface area (Å²) in [6.45, 7) is 25.4. The summed E-state index contributed by atoms with van der Waals surface area (Å²) >= 11 is 0. The van der Waals surface area contributed by atoms with E-state index < -0.39 is 11.9 Å². The molecule has 44 heavy (non-hydrogen) atoms. The highest BCUT2D eigenvalue weighted by Gasteiger charge is 2.71.